The highest BCUT2D eigenvalue weighted by molar-refractivity contribution is 8.00. The first-order valence-electron chi connectivity index (χ1n) is 9.73. The number of carbonyl (C=O) groups excluding carboxylic acids is 2. The highest BCUT2D eigenvalue weighted by Gasteiger charge is 2.34. The lowest BCUT2D eigenvalue weighted by Crippen LogP contribution is -2.27. The zero-order valence-electron chi connectivity index (χ0n) is 16.3. The fourth-order valence-electron chi connectivity index (χ4n) is 3.41. The van der Waals surface area contributed by atoms with Crippen LogP contribution in [-0.2, 0) is 16.0 Å². The van der Waals surface area contributed by atoms with Gasteiger partial charge in [0.25, 0.3) is 0 Å². The van der Waals surface area contributed by atoms with E-state index in [1.165, 1.54) is 23.9 Å². The van der Waals surface area contributed by atoms with Gasteiger partial charge in [0, 0.05) is 17.8 Å². The van der Waals surface area contributed by atoms with Crippen molar-refractivity contribution in [2.45, 2.75) is 18.2 Å². The number of thioether (sulfide) groups is 1. The minimum Gasteiger partial charge on any atom is -0.326 e. The standard InChI is InChI=1S/C24H21FN2O2S/c25-19-9-13-21(14-10-19)27-23(29)16-30-24(27)18-7-11-20(12-8-18)26-22(28)15-6-17-4-2-1-3-5-17/h1-5,7-14,24H,6,15-16H2,(H,26,28)/t24-/m1/s1. The molecule has 1 N–H and O–H groups in total. The molecule has 0 aliphatic carbocycles. The summed E-state index contributed by atoms with van der Waals surface area (Å²) in [5, 5.41) is 2.74. The van der Waals surface area contributed by atoms with Gasteiger partial charge in [0.15, 0.2) is 0 Å². The van der Waals surface area contributed by atoms with Crippen LogP contribution in [0.15, 0.2) is 78.9 Å². The predicted molar refractivity (Wildman–Crippen MR) is 119 cm³/mol. The molecule has 0 spiro atoms. The molecule has 0 bridgehead atoms. The molecule has 1 saturated heterocycles. The molecule has 0 radical (unpaired) electrons. The van der Waals surface area contributed by atoms with Gasteiger partial charge < -0.3 is 5.32 Å². The molecule has 4 nitrogen and oxygen atoms in total. The Kier molecular flexibility index (Phi) is 6.14. The van der Waals surface area contributed by atoms with Gasteiger partial charge in [-0.15, -0.1) is 11.8 Å². The number of hydrogen-bond acceptors (Lipinski definition) is 3. The molecule has 1 atom stereocenters. The largest absolute Gasteiger partial charge is 0.326 e. The van der Waals surface area contributed by atoms with Crippen LogP contribution in [0.2, 0.25) is 0 Å². The predicted octanol–water partition coefficient (Wildman–Crippen LogP) is 5.18. The van der Waals surface area contributed by atoms with Gasteiger partial charge in [-0.3, -0.25) is 14.5 Å². The van der Waals surface area contributed by atoms with Crippen LogP contribution in [0.1, 0.15) is 22.9 Å². The van der Waals surface area contributed by atoms with Crippen LogP contribution < -0.4 is 10.2 Å². The van der Waals surface area contributed by atoms with Crippen molar-refractivity contribution < 1.29 is 14.0 Å². The monoisotopic (exact) mass is 420 g/mol. The third-order valence-corrected chi connectivity index (χ3v) is 6.15. The second kappa shape index (κ2) is 9.13. The third-order valence-electron chi connectivity index (χ3n) is 4.94. The fraction of sp³-hybridized carbons (Fsp3) is 0.167. The van der Waals surface area contributed by atoms with Gasteiger partial charge in [0.05, 0.1) is 5.75 Å². The number of benzene rings is 3. The first-order chi connectivity index (χ1) is 14.6. The fourth-order valence-corrected chi connectivity index (χ4v) is 4.59. The van der Waals surface area contributed by atoms with Crippen LogP contribution in [0.5, 0.6) is 0 Å². The quantitative estimate of drug-likeness (QED) is 0.598. The summed E-state index contributed by atoms with van der Waals surface area (Å²) in [5.74, 6) is 0.00170. The van der Waals surface area contributed by atoms with E-state index in [2.05, 4.69) is 5.32 Å². The Bertz CT molecular complexity index is 1020. The van der Waals surface area contributed by atoms with Crippen LogP contribution in [0.25, 0.3) is 0 Å². The van der Waals surface area contributed by atoms with Gasteiger partial charge in [-0.25, -0.2) is 4.39 Å². The second-order valence-corrected chi connectivity index (χ2v) is 8.13. The van der Waals surface area contributed by atoms with Crippen LogP contribution in [0, 0.1) is 5.82 Å². The number of aryl methyl sites for hydroxylation is 1. The Balaban J connectivity index is 1.40. The molecule has 6 heteroatoms. The van der Waals surface area contributed by atoms with E-state index in [-0.39, 0.29) is 23.0 Å². The van der Waals surface area contributed by atoms with Gasteiger partial charge in [-0.1, -0.05) is 42.5 Å². The molecule has 1 heterocycles. The van der Waals surface area contributed by atoms with E-state index in [0.29, 0.717) is 24.3 Å². The van der Waals surface area contributed by atoms with Gasteiger partial charge >= 0.3 is 0 Å². The van der Waals surface area contributed by atoms with Crippen molar-refractivity contribution >= 4 is 35.0 Å². The van der Waals surface area contributed by atoms with Crippen LogP contribution >= 0.6 is 11.8 Å². The minimum atomic E-state index is -0.332. The molecule has 1 fully saturated rings. The molecule has 30 heavy (non-hydrogen) atoms. The summed E-state index contributed by atoms with van der Waals surface area (Å²) in [4.78, 5) is 26.3. The van der Waals surface area contributed by atoms with Gasteiger partial charge in [-0.2, -0.15) is 0 Å². The summed E-state index contributed by atoms with van der Waals surface area (Å²) in [6, 6.07) is 23.4. The maximum atomic E-state index is 13.2. The normalized spacial score (nSPS) is 16.0. The lowest BCUT2D eigenvalue weighted by molar-refractivity contribution is -0.116. The van der Waals surface area contributed by atoms with Crippen LogP contribution in [0.4, 0.5) is 15.8 Å². The average Bonchev–Trinajstić information content (AvgIpc) is 3.15. The summed E-state index contributed by atoms with van der Waals surface area (Å²) in [6.07, 6.45) is 1.11. The Morgan fingerprint density at radius 1 is 1.00 bits per heavy atom. The molecule has 3 aromatic carbocycles. The van der Waals surface area contributed by atoms with Crippen molar-refractivity contribution in [3.8, 4) is 0 Å². The van der Waals surface area contributed by atoms with E-state index >= 15 is 0 Å². The lowest BCUT2D eigenvalue weighted by Gasteiger charge is -2.24. The van der Waals surface area contributed by atoms with Crippen molar-refractivity contribution in [3.63, 3.8) is 0 Å². The van der Waals surface area contributed by atoms with Gasteiger partial charge in [-0.05, 0) is 53.9 Å². The molecule has 152 valence electrons. The van der Waals surface area contributed by atoms with E-state index in [0.717, 1.165) is 16.8 Å². The topological polar surface area (TPSA) is 49.4 Å². The number of anilines is 2. The summed E-state index contributed by atoms with van der Waals surface area (Å²) in [6.45, 7) is 0. The Morgan fingerprint density at radius 3 is 2.40 bits per heavy atom. The first kappa shape index (κ1) is 20.2. The number of rotatable bonds is 6. The molecular weight excluding hydrogens is 399 g/mol. The summed E-state index contributed by atoms with van der Waals surface area (Å²) in [7, 11) is 0. The zero-order valence-corrected chi connectivity index (χ0v) is 17.1. The van der Waals surface area contributed by atoms with Crippen LogP contribution in [0.3, 0.4) is 0 Å². The molecule has 0 aromatic heterocycles. The molecule has 1 aliphatic rings. The number of amides is 2. The molecule has 1 aliphatic heterocycles. The SMILES string of the molecule is O=C(CCc1ccccc1)Nc1ccc([C@H]2SCC(=O)N2c2ccc(F)cc2)cc1. The molecule has 0 unspecified atom stereocenters. The Morgan fingerprint density at radius 2 is 1.70 bits per heavy atom. The van der Waals surface area contributed by atoms with E-state index in [1.54, 1.807) is 17.0 Å². The second-order valence-electron chi connectivity index (χ2n) is 7.06. The minimum absolute atomic E-state index is 0.00472. The highest BCUT2D eigenvalue weighted by atomic mass is 32.2. The van der Waals surface area contributed by atoms with Crippen molar-refractivity contribution in [3.05, 3.63) is 95.8 Å². The number of halogens is 1. The Hall–Kier alpha value is -3.12. The average molecular weight is 421 g/mol. The number of nitrogens with zero attached hydrogens (tertiary/aromatic N) is 1. The van der Waals surface area contributed by atoms with Crippen molar-refractivity contribution in [1.82, 2.24) is 0 Å². The van der Waals surface area contributed by atoms with Gasteiger partial charge in [0.1, 0.15) is 11.2 Å². The van der Waals surface area contributed by atoms with Crippen molar-refractivity contribution in [2.75, 3.05) is 16.0 Å². The van der Waals surface area contributed by atoms with E-state index < -0.39 is 0 Å². The highest BCUT2D eigenvalue weighted by Crippen LogP contribution is 2.41. The molecule has 2 amide bonds. The maximum Gasteiger partial charge on any atom is 0.238 e. The summed E-state index contributed by atoms with van der Waals surface area (Å²) >= 11 is 1.53. The summed E-state index contributed by atoms with van der Waals surface area (Å²) < 4.78 is 13.2. The van der Waals surface area contributed by atoms with Gasteiger partial charge in [0.2, 0.25) is 11.8 Å². The Labute approximate surface area is 179 Å². The number of hydrogen-bond donors (Lipinski definition) is 1. The zero-order chi connectivity index (χ0) is 20.9. The molecular formula is C24H21FN2O2S. The number of nitrogens with one attached hydrogen (secondary N) is 1. The van der Waals surface area contributed by atoms with E-state index in [1.807, 2.05) is 54.6 Å². The lowest BCUT2D eigenvalue weighted by atomic mass is 10.1. The molecule has 4 rings (SSSR count). The first-order valence-corrected chi connectivity index (χ1v) is 10.8. The molecule has 3 aromatic rings. The molecule has 0 saturated carbocycles. The third kappa shape index (κ3) is 4.71. The maximum absolute atomic E-state index is 13.2. The number of carbonyl (C=O) groups is 2. The smallest absolute Gasteiger partial charge is 0.238 e. The van der Waals surface area contributed by atoms with Crippen molar-refractivity contribution in [1.29, 1.82) is 0 Å². The van der Waals surface area contributed by atoms with E-state index in [4.69, 9.17) is 0 Å². The van der Waals surface area contributed by atoms with E-state index in [9.17, 15) is 14.0 Å². The van der Waals surface area contributed by atoms with Crippen molar-refractivity contribution in [2.24, 2.45) is 0 Å². The van der Waals surface area contributed by atoms with Crippen LogP contribution in [-0.4, -0.2) is 17.6 Å². The summed E-state index contributed by atoms with van der Waals surface area (Å²) in [5.41, 5.74) is 3.48.